The fourth-order valence-electron chi connectivity index (χ4n) is 4.06. The highest BCUT2D eigenvalue weighted by Crippen LogP contribution is 2.37. The van der Waals surface area contributed by atoms with E-state index in [-0.39, 0.29) is 12.2 Å². The number of nitrogens with zero attached hydrogens (tertiary/aromatic N) is 2. The second-order valence-electron chi connectivity index (χ2n) is 8.11. The first-order valence-corrected chi connectivity index (χ1v) is 13.2. The van der Waals surface area contributed by atoms with Crippen LogP contribution in [0.1, 0.15) is 31.0 Å². The predicted octanol–water partition coefficient (Wildman–Crippen LogP) is 3.12. The van der Waals surface area contributed by atoms with Crippen molar-refractivity contribution >= 4 is 45.3 Å². The van der Waals surface area contributed by atoms with Gasteiger partial charge in [-0.25, -0.2) is 14.6 Å². The summed E-state index contributed by atoms with van der Waals surface area (Å²) >= 11 is 4.70. The van der Waals surface area contributed by atoms with Gasteiger partial charge in [0.25, 0.3) is 5.56 Å². The molecule has 2 heterocycles. The van der Waals surface area contributed by atoms with Crippen LogP contribution in [0.4, 0.5) is 0 Å². The summed E-state index contributed by atoms with van der Waals surface area (Å²) in [5.41, 5.74) is 1.94. The molecule has 1 aliphatic rings. The van der Waals surface area contributed by atoms with E-state index >= 15 is 0 Å². The molecule has 11 heteroatoms. The van der Waals surface area contributed by atoms with E-state index in [9.17, 15) is 14.4 Å². The van der Waals surface area contributed by atoms with Crippen LogP contribution in [-0.4, -0.2) is 43.9 Å². The molecule has 1 aromatic heterocycles. The SMILES string of the molecule is CCOc1cc(C=c2sc3n(c2=O)C(c2ccccc2)C(C(=O)OC)=C(C)N=3)cc(Br)c1OCC(=O)OC. The largest absolute Gasteiger partial charge is 0.490 e. The van der Waals surface area contributed by atoms with Crippen molar-refractivity contribution in [2.75, 3.05) is 27.4 Å². The zero-order chi connectivity index (χ0) is 27.4. The van der Waals surface area contributed by atoms with Gasteiger partial charge < -0.3 is 18.9 Å². The number of esters is 2. The molecule has 0 radical (unpaired) electrons. The van der Waals surface area contributed by atoms with Gasteiger partial charge in [-0.05, 0) is 59.1 Å². The Morgan fingerprint density at radius 2 is 1.87 bits per heavy atom. The number of carbonyl (C=O) groups excluding carboxylic acids is 2. The van der Waals surface area contributed by atoms with Gasteiger partial charge in [0.05, 0.1) is 47.1 Å². The maximum atomic E-state index is 13.7. The van der Waals surface area contributed by atoms with E-state index in [4.69, 9.17) is 14.2 Å². The third-order valence-corrected chi connectivity index (χ3v) is 7.31. The van der Waals surface area contributed by atoms with Gasteiger partial charge in [-0.3, -0.25) is 9.36 Å². The Hall–Kier alpha value is -3.70. The number of halogens is 1. The highest BCUT2D eigenvalue weighted by atomic mass is 79.9. The van der Waals surface area contributed by atoms with Crippen molar-refractivity contribution in [2.45, 2.75) is 19.9 Å². The van der Waals surface area contributed by atoms with Crippen LogP contribution in [-0.2, 0) is 19.1 Å². The number of allylic oxidation sites excluding steroid dienone is 1. The molecule has 0 spiro atoms. The molecule has 0 bridgehead atoms. The highest BCUT2D eigenvalue weighted by Gasteiger charge is 2.32. The fourth-order valence-corrected chi connectivity index (χ4v) is 5.68. The van der Waals surface area contributed by atoms with Gasteiger partial charge in [0.15, 0.2) is 22.9 Å². The Balaban J connectivity index is 1.85. The molecule has 1 unspecified atom stereocenters. The molecule has 1 aliphatic heterocycles. The van der Waals surface area contributed by atoms with Crippen molar-refractivity contribution in [2.24, 2.45) is 4.99 Å². The second kappa shape index (κ2) is 11.8. The number of benzene rings is 2. The number of ether oxygens (including phenoxy) is 4. The van der Waals surface area contributed by atoms with Gasteiger partial charge in [0.1, 0.15) is 0 Å². The first kappa shape index (κ1) is 27.3. The molecule has 9 nitrogen and oxygen atoms in total. The smallest absolute Gasteiger partial charge is 0.343 e. The number of hydrogen-bond donors (Lipinski definition) is 0. The molecule has 0 N–H and O–H groups in total. The van der Waals surface area contributed by atoms with E-state index in [1.807, 2.05) is 37.3 Å². The summed E-state index contributed by atoms with van der Waals surface area (Å²) in [6.45, 7) is 3.64. The minimum Gasteiger partial charge on any atom is -0.490 e. The topological polar surface area (TPSA) is 105 Å². The van der Waals surface area contributed by atoms with Gasteiger partial charge in [-0.2, -0.15) is 0 Å². The number of hydrogen-bond acceptors (Lipinski definition) is 9. The Kier molecular flexibility index (Phi) is 8.48. The zero-order valence-electron chi connectivity index (χ0n) is 21.1. The standard InChI is InChI=1S/C27H25BrN2O7S/c1-5-36-19-12-16(11-18(28)24(19)37-14-21(31)34-3)13-20-25(32)30-23(17-9-7-6-8-10-17)22(26(33)35-4)15(2)29-27(30)38-20/h6-13,23H,5,14H2,1-4H3. The van der Waals surface area contributed by atoms with Crippen molar-refractivity contribution in [1.29, 1.82) is 0 Å². The number of aromatic nitrogens is 1. The third-order valence-electron chi connectivity index (χ3n) is 5.73. The molecule has 0 aliphatic carbocycles. The van der Waals surface area contributed by atoms with Crippen LogP contribution >= 0.6 is 27.3 Å². The van der Waals surface area contributed by atoms with Crippen molar-refractivity contribution in [3.05, 3.63) is 89.0 Å². The summed E-state index contributed by atoms with van der Waals surface area (Å²) in [6.07, 6.45) is 1.72. The lowest BCUT2D eigenvalue weighted by Gasteiger charge is -2.24. The minimum atomic E-state index is -0.679. The van der Waals surface area contributed by atoms with E-state index in [1.165, 1.54) is 30.1 Å². The lowest BCUT2D eigenvalue weighted by atomic mass is 9.96. The number of methoxy groups -OCH3 is 2. The second-order valence-corrected chi connectivity index (χ2v) is 9.98. The van der Waals surface area contributed by atoms with E-state index < -0.39 is 18.0 Å². The molecule has 2 aromatic carbocycles. The summed E-state index contributed by atoms with van der Waals surface area (Å²) in [5, 5.41) is 0. The van der Waals surface area contributed by atoms with Crippen molar-refractivity contribution in [3.63, 3.8) is 0 Å². The molecule has 0 saturated heterocycles. The number of thiazole rings is 1. The van der Waals surface area contributed by atoms with E-state index in [1.54, 1.807) is 25.1 Å². The molecule has 0 saturated carbocycles. The summed E-state index contributed by atoms with van der Waals surface area (Å²) < 4.78 is 23.5. The zero-order valence-corrected chi connectivity index (χ0v) is 23.6. The average Bonchev–Trinajstić information content (AvgIpc) is 3.21. The maximum absolute atomic E-state index is 13.7. The molecule has 38 heavy (non-hydrogen) atoms. The molecule has 1 atom stereocenters. The lowest BCUT2D eigenvalue weighted by Crippen LogP contribution is -2.39. The Morgan fingerprint density at radius 3 is 2.53 bits per heavy atom. The number of fused-ring (bicyclic) bond motifs is 1. The Bertz CT molecular complexity index is 1590. The third kappa shape index (κ3) is 5.44. The van der Waals surface area contributed by atoms with E-state index in [0.717, 1.165) is 5.56 Å². The van der Waals surface area contributed by atoms with E-state index in [2.05, 4.69) is 25.7 Å². The molecule has 0 fully saturated rings. The molecular weight excluding hydrogens is 576 g/mol. The van der Waals surface area contributed by atoms with Crippen molar-refractivity contribution in [3.8, 4) is 11.5 Å². The fraction of sp³-hybridized carbons (Fsp3) is 0.259. The predicted molar refractivity (Wildman–Crippen MR) is 145 cm³/mol. The highest BCUT2D eigenvalue weighted by molar-refractivity contribution is 9.10. The number of rotatable bonds is 8. The Labute approximate surface area is 230 Å². The van der Waals surface area contributed by atoms with Crippen LogP contribution in [0.25, 0.3) is 6.08 Å². The van der Waals surface area contributed by atoms with Gasteiger partial charge in [-0.1, -0.05) is 41.7 Å². The van der Waals surface area contributed by atoms with Gasteiger partial charge >= 0.3 is 11.9 Å². The molecule has 4 rings (SSSR count). The van der Waals surface area contributed by atoms with Gasteiger partial charge in [0.2, 0.25) is 0 Å². The minimum absolute atomic E-state index is 0.283. The maximum Gasteiger partial charge on any atom is 0.343 e. The van der Waals surface area contributed by atoms with Crippen LogP contribution in [0.15, 0.2) is 68.0 Å². The van der Waals surface area contributed by atoms with Gasteiger partial charge in [0, 0.05) is 0 Å². The summed E-state index contributed by atoms with van der Waals surface area (Å²) in [7, 11) is 2.59. The average molecular weight is 601 g/mol. The van der Waals surface area contributed by atoms with Crippen LogP contribution in [0, 0.1) is 0 Å². The van der Waals surface area contributed by atoms with E-state index in [0.29, 0.717) is 48.7 Å². The normalized spacial score (nSPS) is 15.0. The summed E-state index contributed by atoms with van der Waals surface area (Å²) in [4.78, 5) is 43.1. The summed E-state index contributed by atoms with van der Waals surface area (Å²) in [6, 6.07) is 12.1. The van der Waals surface area contributed by atoms with Crippen LogP contribution in [0.5, 0.6) is 11.5 Å². The van der Waals surface area contributed by atoms with Crippen LogP contribution in [0.3, 0.4) is 0 Å². The monoisotopic (exact) mass is 600 g/mol. The van der Waals surface area contributed by atoms with Crippen molar-refractivity contribution < 1.29 is 28.5 Å². The lowest BCUT2D eigenvalue weighted by molar-refractivity contribution is -0.143. The molecule has 198 valence electrons. The Morgan fingerprint density at radius 1 is 1.13 bits per heavy atom. The van der Waals surface area contributed by atoms with Crippen LogP contribution in [0.2, 0.25) is 0 Å². The first-order chi connectivity index (χ1) is 18.3. The van der Waals surface area contributed by atoms with Crippen molar-refractivity contribution in [1.82, 2.24) is 4.57 Å². The molecular formula is C27H25BrN2O7S. The first-order valence-electron chi connectivity index (χ1n) is 11.6. The van der Waals surface area contributed by atoms with Crippen LogP contribution < -0.4 is 24.4 Å². The molecule has 3 aromatic rings. The summed E-state index contributed by atoms with van der Waals surface area (Å²) in [5.74, 6) is -0.324. The molecule has 0 amide bonds. The quantitative estimate of drug-likeness (QED) is 0.366. The number of carbonyl (C=O) groups is 2. The van der Waals surface area contributed by atoms with Gasteiger partial charge in [-0.15, -0.1) is 0 Å².